The molecule has 0 aliphatic rings. The Balaban J connectivity index is 2.43. The van der Waals surface area contributed by atoms with Crippen molar-refractivity contribution in [3.05, 3.63) is 63.9 Å². The van der Waals surface area contributed by atoms with Gasteiger partial charge in [-0.25, -0.2) is 12.8 Å². The van der Waals surface area contributed by atoms with Crippen molar-refractivity contribution in [3.8, 4) is 0 Å². The second-order valence-electron chi connectivity index (χ2n) is 3.93. The lowest BCUT2D eigenvalue weighted by Gasteiger charge is -2.07. The Morgan fingerprint density at radius 1 is 1.05 bits per heavy atom. The molecule has 0 aliphatic heterocycles. The normalized spacial score (nSPS) is 11.5. The summed E-state index contributed by atoms with van der Waals surface area (Å²) in [6, 6.07) is 9.76. The molecule has 0 saturated heterocycles. The highest BCUT2D eigenvalue weighted by Crippen LogP contribution is 2.26. The predicted octanol–water partition coefficient (Wildman–Crippen LogP) is 4.11. The van der Waals surface area contributed by atoms with Gasteiger partial charge in [0.2, 0.25) is 0 Å². The van der Waals surface area contributed by atoms with Crippen LogP contribution in [0.15, 0.2) is 47.4 Å². The third-order valence-corrected chi connectivity index (χ3v) is 4.82. The summed E-state index contributed by atoms with van der Waals surface area (Å²) in [7, 11) is -3.80. The van der Waals surface area contributed by atoms with Gasteiger partial charge in [-0.1, -0.05) is 35.3 Å². The summed E-state index contributed by atoms with van der Waals surface area (Å²) in [5, 5.41) is 0.660. The average Bonchev–Trinajstić information content (AvgIpc) is 2.34. The van der Waals surface area contributed by atoms with Crippen LogP contribution in [0.25, 0.3) is 0 Å². The summed E-state index contributed by atoms with van der Waals surface area (Å²) >= 11 is 11.7. The molecule has 2 rings (SSSR count). The lowest BCUT2D eigenvalue weighted by molar-refractivity contribution is 0.566. The summed E-state index contributed by atoms with van der Waals surface area (Å²) in [5.41, 5.74) is 0.345. The molecule has 0 amide bonds. The van der Waals surface area contributed by atoms with E-state index in [0.29, 0.717) is 10.6 Å². The number of hydrogen-bond acceptors (Lipinski definition) is 2. The Morgan fingerprint density at radius 2 is 1.74 bits per heavy atom. The molecule has 2 nitrogen and oxygen atoms in total. The van der Waals surface area contributed by atoms with Gasteiger partial charge in [-0.05, 0) is 35.9 Å². The van der Waals surface area contributed by atoms with Crippen molar-refractivity contribution in [2.45, 2.75) is 10.6 Å². The molecule has 0 atom stereocenters. The standard InChI is InChI=1S/C13H9Cl2FO2S/c14-10-5-6-11(15)9(7-10)8-19(17,18)13-4-2-1-3-12(13)16/h1-7H,8H2. The number of benzene rings is 2. The summed E-state index contributed by atoms with van der Waals surface area (Å²) in [5.74, 6) is -1.17. The summed E-state index contributed by atoms with van der Waals surface area (Å²) in [6.07, 6.45) is 0. The highest BCUT2D eigenvalue weighted by atomic mass is 35.5. The third kappa shape index (κ3) is 3.26. The fourth-order valence-electron chi connectivity index (χ4n) is 1.63. The van der Waals surface area contributed by atoms with Crippen LogP contribution in [0.1, 0.15) is 5.56 Å². The average molecular weight is 319 g/mol. The van der Waals surface area contributed by atoms with Crippen LogP contribution in [0.4, 0.5) is 4.39 Å². The van der Waals surface area contributed by atoms with Gasteiger partial charge in [0.15, 0.2) is 9.84 Å². The molecule has 6 heteroatoms. The number of rotatable bonds is 3. The molecule has 100 valence electrons. The number of halogens is 3. The van der Waals surface area contributed by atoms with Crippen molar-refractivity contribution in [1.29, 1.82) is 0 Å². The van der Waals surface area contributed by atoms with E-state index in [1.807, 2.05) is 0 Å². The van der Waals surface area contributed by atoms with Crippen LogP contribution < -0.4 is 0 Å². The predicted molar refractivity (Wildman–Crippen MR) is 73.8 cm³/mol. The molecule has 0 aromatic heterocycles. The zero-order valence-electron chi connectivity index (χ0n) is 9.61. The lowest BCUT2D eigenvalue weighted by atomic mass is 10.2. The summed E-state index contributed by atoms with van der Waals surface area (Å²) < 4.78 is 37.8. The summed E-state index contributed by atoms with van der Waals surface area (Å²) in [6.45, 7) is 0. The van der Waals surface area contributed by atoms with Gasteiger partial charge < -0.3 is 0 Å². The van der Waals surface area contributed by atoms with Crippen molar-refractivity contribution in [2.24, 2.45) is 0 Å². The fourth-order valence-corrected chi connectivity index (χ4v) is 3.55. The van der Waals surface area contributed by atoms with E-state index in [-0.39, 0.29) is 9.92 Å². The Labute approximate surface area is 120 Å². The van der Waals surface area contributed by atoms with Gasteiger partial charge >= 0.3 is 0 Å². The smallest absolute Gasteiger partial charge is 0.185 e. The number of sulfone groups is 1. The van der Waals surface area contributed by atoms with E-state index in [1.165, 1.54) is 30.3 Å². The molecule has 0 spiro atoms. The maximum absolute atomic E-state index is 13.5. The summed E-state index contributed by atoms with van der Waals surface area (Å²) in [4.78, 5) is -0.342. The molecular weight excluding hydrogens is 310 g/mol. The second kappa shape index (κ2) is 5.49. The number of hydrogen-bond donors (Lipinski definition) is 0. The van der Waals surface area contributed by atoms with Crippen LogP contribution in [0.2, 0.25) is 10.0 Å². The van der Waals surface area contributed by atoms with E-state index >= 15 is 0 Å². The van der Waals surface area contributed by atoms with E-state index in [4.69, 9.17) is 23.2 Å². The maximum atomic E-state index is 13.5. The molecule has 0 radical (unpaired) electrons. The van der Waals surface area contributed by atoms with Crippen LogP contribution >= 0.6 is 23.2 Å². The van der Waals surface area contributed by atoms with Gasteiger partial charge in [0.25, 0.3) is 0 Å². The van der Waals surface area contributed by atoms with Gasteiger partial charge in [-0.15, -0.1) is 0 Å². The molecule has 2 aromatic carbocycles. The van der Waals surface area contributed by atoms with Gasteiger partial charge in [0, 0.05) is 10.0 Å². The van der Waals surface area contributed by atoms with E-state index < -0.39 is 21.4 Å². The zero-order valence-corrected chi connectivity index (χ0v) is 11.9. The van der Waals surface area contributed by atoms with Crippen molar-refractivity contribution >= 4 is 33.0 Å². The topological polar surface area (TPSA) is 34.1 Å². The SMILES string of the molecule is O=S(=O)(Cc1cc(Cl)ccc1Cl)c1ccccc1F. The van der Waals surface area contributed by atoms with Gasteiger partial charge in [0.05, 0.1) is 5.75 Å². The molecule has 0 bridgehead atoms. The van der Waals surface area contributed by atoms with Crippen molar-refractivity contribution in [3.63, 3.8) is 0 Å². The molecule has 0 fully saturated rings. The molecule has 0 N–H and O–H groups in total. The highest BCUT2D eigenvalue weighted by Gasteiger charge is 2.20. The Bertz CT molecular complexity index is 714. The molecule has 0 heterocycles. The Hall–Kier alpha value is -1.10. The van der Waals surface area contributed by atoms with Crippen LogP contribution in [-0.4, -0.2) is 8.42 Å². The zero-order chi connectivity index (χ0) is 14.0. The maximum Gasteiger partial charge on any atom is 0.185 e. The van der Waals surface area contributed by atoms with Crippen molar-refractivity contribution in [2.75, 3.05) is 0 Å². The first kappa shape index (κ1) is 14.3. The molecule has 2 aromatic rings. The minimum atomic E-state index is -3.80. The monoisotopic (exact) mass is 318 g/mol. The van der Waals surface area contributed by atoms with Crippen molar-refractivity contribution < 1.29 is 12.8 Å². The molecule has 0 aliphatic carbocycles. The van der Waals surface area contributed by atoms with E-state index in [9.17, 15) is 12.8 Å². The molecule has 0 unspecified atom stereocenters. The second-order valence-corrected chi connectivity index (χ2v) is 6.73. The van der Waals surface area contributed by atoms with E-state index in [1.54, 1.807) is 6.07 Å². The largest absolute Gasteiger partial charge is 0.223 e. The van der Waals surface area contributed by atoms with Gasteiger partial charge in [-0.2, -0.15) is 0 Å². The third-order valence-electron chi connectivity index (χ3n) is 2.52. The highest BCUT2D eigenvalue weighted by molar-refractivity contribution is 7.90. The molecule has 0 saturated carbocycles. The van der Waals surface area contributed by atoms with Crippen LogP contribution in [0.3, 0.4) is 0 Å². The van der Waals surface area contributed by atoms with Crippen LogP contribution in [0, 0.1) is 5.82 Å². The molecular formula is C13H9Cl2FO2S. The molecule has 19 heavy (non-hydrogen) atoms. The Morgan fingerprint density at radius 3 is 2.42 bits per heavy atom. The van der Waals surface area contributed by atoms with E-state index in [2.05, 4.69) is 0 Å². The first-order chi connectivity index (χ1) is 8.90. The van der Waals surface area contributed by atoms with E-state index in [0.717, 1.165) is 6.07 Å². The van der Waals surface area contributed by atoms with Crippen LogP contribution in [-0.2, 0) is 15.6 Å². The lowest BCUT2D eigenvalue weighted by Crippen LogP contribution is -2.07. The Kier molecular flexibility index (Phi) is 4.13. The minimum Gasteiger partial charge on any atom is -0.223 e. The van der Waals surface area contributed by atoms with Gasteiger partial charge in [-0.3, -0.25) is 0 Å². The quantitative estimate of drug-likeness (QED) is 0.853. The van der Waals surface area contributed by atoms with Gasteiger partial charge in [0.1, 0.15) is 10.7 Å². The first-order valence-corrected chi connectivity index (χ1v) is 7.72. The van der Waals surface area contributed by atoms with Crippen molar-refractivity contribution in [1.82, 2.24) is 0 Å². The first-order valence-electron chi connectivity index (χ1n) is 5.31. The fraction of sp³-hybridized carbons (Fsp3) is 0.0769. The minimum absolute atomic E-state index is 0.282. The van der Waals surface area contributed by atoms with Crippen LogP contribution in [0.5, 0.6) is 0 Å².